The van der Waals surface area contributed by atoms with Crippen molar-refractivity contribution in [2.45, 2.75) is 33.7 Å². The van der Waals surface area contributed by atoms with Crippen LogP contribution in [0.15, 0.2) is 59.6 Å². The quantitative estimate of drug-likeness (QED) is 0.339. The van der Waals surface area contributed by atoms with Gasteiger partial charge < -0.3 is 4.74 Å². The standard InChI is InChI=1S/C25H25N3O2S2/c1-5-30-20-11-12-21(17(4)13-20)23-18(15-27(26-23)19-9-7-6-8-10-19)14-22-24(29)28(16(2)3)25(31)32-22/h6-16H,5H2,1-4H3/b22-14+. The van der Waals surface area contributed by atoms with Crippen molar-refractivity contribution in [3.8, 4) is 22.7 Å². The fourth-order valence-electron chi connectivity index (χ4n) is 3.64. The largest absolute Gasteiger partial charge is 0.494 e. The van der Waals surface area contributed by atoms with E-state index in [1.54, 1.807) is 4.90 Å². The maximum Gasteiger partial charge on any atom is 0.266 e. The van der Waals surface area contributed by atoms with Gasteiger partial charge in [-0.15, -0.1) is 0 Å². The van der Waals surface area contributed by atoms with Crippen LogP contribution in [0.3, 0.4) is 0 Å². The highest BCUT2D eigenvalue weighted by atomic mass is 32.2. The van der Waals surface area contributed by atoms with Gasteiger partial charge in [-0.3, -0.25) is 9.69 Å². The molecule has 5 nitrogen and oxygen atoms in total. The van der Waals surface area contributed by atoms with E-state index in [0.29, 0.717) is 15.8 Å². The number of thiocarbonyl (C=S) groups is 1. The molecule has 32 heavy (non-hydrogen) atoms. The van der Waals surface area contributed by atoms with E-state index in [1.807, 2.05) is 93.2 Å². The lowest BCUT2D eigenvalue weighted by Crippen LogP contribution is -2.34. The van der Waals surface area contributed by atoms with E-state index in [2.05, 4.69) is 0 Å². The molecule has 164 valence electrons. The molecule has 1 aliphatic rings. The van der Waals surface area contributed by atoms with Crippen molar-refractivity contribution in [3.05, 3.63) is 70.8 Å². The summed E-state index contributed by atoms with van der Waals surface area (Å²) in [4.78, 5) is 15.2. The van der Waals surface area contributed by atoms with Gasteiger partial charge in [0, 0.05) is 23.4 Å². The Labute approximate surface area is 198 Å². The molecule has 0 bridgehead atoms. The lowest BCUT2D eigenvalue weighted by molar-refractivity contribution is -0.123. The molecule has 0 unspecified atom stereocenters. The number of ether oxygens (including phenoxy) is 1. The molecule has 1 aromatic heterocycles. The first-order chi connectivity index (χ1) is 15.4. The summed E-state index contributed by atoms with van der Waals surface area (Å²) in [6, 6.07) is 16.0. The first-order valence-corrected chi connectivity index (χ1v) is 11.8. The van der Waals surface area contributed by atoms with E-state index in [0.717, 1.165) is 33.8 Å². The summed E-state index contributed by atoms with van der Waals surface area (Å²) in [5, 5.41) is 4.89. The van der Waals surface area contributed by atoms with Gasteiger partial charge in [0.1, 0.15) is 15.8 Å². The normalized spacial score (nSPS) is 15.3. The highest BCUT2D eigenvalue weighted by Crippen LogP contribution is 2.36. The number of thioether (sulfide) groups is 1. The molecule has 0 saturated carbocycles. The van der Waals surface area contributed by atoms with Crippen LogP contribution in [-0.4, -0.2) is 37.6 Å². The van der Waals surface area contributed by atoms with Crippen LogP contribution in [0.25, 0.3) is 23.0 Å². The van der Waals surface area contributed by atoms with Crippen LogP contribution in [0.2, 0.25) is 0 Å². The first kappa shape index (κ1) is 22.3. The van der Waals surface area contributed by atoms with E-state index in [4.69, 9.17) is 22.1 Å². The summed E-state index contributed by atoms with van der Waals surface area (Å²) in [5.41, 5.74) is 4.67. The summed E-state index contributed by atoms with van der Waals surface area (Å²) in [6.45, 7) is 8.56. The third-order valence-corrected chi connectivity index (χ3v) is 6.48. The van der Waals surface area contributed by atoms with E-state index in [9.17, 15) is 4.79 Å². The van der Waals surface area contributed by atoms with Gasteiger partial charge in [-0.25, -0.2) is 4.68 Å². The number of hydrogen-bond donors (Lipinski definition) is 0. The SMILES string of the molecule is CCOc1ccc(-c2nn(-c3ccccc3)cc2/C=C2/SC(=S)N(C(C)C)C2=O)c(C)c1. The second-order valence-electron chi connectivity index (χ2n) is 7.77. The fraction of sp³-hybridized carbons (Fsp3) is 0.240. The zero-order chi connectivity index (χ0) is 22.8. The number of amides is 1. The minimum absolute atomic E-state index is 0.0215. The highest BCUT2D eigenvalue weighted by Gasteiger charge is 2.34. The van der Waals surface area contributed by atoms with Crippen LogP contribution in [0.4, 0.5) is 0 Å². The van der Waals surface area contributed by atoms with E-state index < -0.39 is 0 Å². The Morgan fingerprint density at radius 1 is 1.19 bits per heavy atom. The monoisotopic (exact) mass is 463 g/mol. The van der Waals surface area contributed by atoms with Crippen molar-refractivity contribution in [2.24, 2.45) is 0 Å². The number of para-hydroxylation sites is 1. The predicted octanol–water partition coefficient (Wildman–Crippen LogP) is 5.86. The van der Waals surface area contributed by atoms with Gasteiger partial charge in [0.25, 0.3) is 5.91 Å². The Bertz CT molecular complexity index is 1200. The molecule has 1 amide bonds. The molecule has 1 saturated heterocycles. The van der Waals surface area contributed by atoms with Gasteiger partial charge in [-0.1, -0.05) is 42.2 Å². The van der Waals surface area contributed by atoms with E-state index in [-0.39, 0.29) is 11.9 Å². The van der Waals surface area contributed by atoms with Crippen LogP contribution >= 0.6 is 24.0 Å². The fourth-order valence-corrected chi connectivity index (χ4v) is 5.15. The molecule has 7 heteroatoms. The Balaban J connectivity index is 1.83. The molecule has 0 aliphatic carbocycles. The molecular formula is C25H25N3O2S2. The van der Waals surface area contributed by atoms with Crippen molar-refractivity contribution < 1.29 is 9.53 Å². The number of benzene rings is 2. The molecule has 0 radical (unpaired) electrons. The number of rotatable bonds is 6. The number of nitrogens with zero attached hydrogens (tertiary/aromatic N) is 3. The lowest BCUT2D eigenvalue weighted by Gasteiger charge is -2.18. The number of carbonyl (C=O) groups excluding carboxylic acids is 1. The van der Waals surface area contributed by atoms with E-state index >= 15 is 0 Å². The van der Waals surface area contributed by atoms with Crippen molar-refractivity contribution in [1.29, 1.82) is 0 Å². The molecule has 1 fully saturated rings. The topological polar surface area (TPSA) is 47.4 Å². The van der Waals surface area contributed by atoms with Gasteiger partial charge in [-0.2, -0.15) is 5.10 Å². The second-order valence-corrected chi connectivity index (χ2v) is 9.44. The predicted molar refractivity (Wildman–Crippen MR) is 135 cm³/mol. The molecule has 0 N–H and O–H groups in total. The van der Waals surface area contributed by atoms with Crippen molar-refractivity contribution >= 4 is 40.3 Å². The highest BCUT2D eigenvalue weighted by molar-refractivity contribution is 8.26. The van der Waals surface area contributed by atoms with Crippen LogP contribution < -0.4 is 4.74 Å². The molecule has 2 aromatic carbocycles. The second kappa shape index (κ2) is 9.30. The van der Waals surface area contributed by atoms with E-state index in [1.165, 1.54) is 11.8 Å². The summed E-state index contributed by atoms with van der Waals surface area (Å²) in [5.74, 6) is 0.771. The van der Waals surface area contributed by atoms with Crippen molar-refractivity contribution in [2.75, 3.05) is 6.61 Å². The molecule has 0 spiro atoms. The zero-order valence-electron chi connectivity index (χ0n) is 18.5. The average molecular weight is 464 g/mol. The van der Waals surface area contributed by atoms with Crippen LogP contribution in [0, 0.1) is 6.92 Å². The number of carbonyl (C=O) groups is 1. The molecule has 4 rings (SSSR count). The van der Waals surface area contributed by atoms with Crippen LogP contribution in [0.5, 0.6) is 5.75 Å². The summed E-state index contributed by atoms with van der Waals surface area (Å²) < 4.78 is 8.08. The Morgan fingerprint density at radius 3 is 2.56 bits per heavy atom. The van der Waals surface area contributed by atoms with Gasteiger partial charge in [0.05, 0.1) is 17.2 Å². The van der Waals surface area contributed by atoms with Gasteiger partial charge in [-0.05, 0) is 69.7 Å². The minimum atomic E-state index is -0.0585. The van der Waals surface area contributed by atoms with Crippen LogP contribution in [-0.2, 0) is 4.79 Å². The third kappa shape index (κ3) is 4.36. The maximum atomic E-state index is 13.0. The van der Waals surface area contributed by atoms with Gasteiger partial charge in [0.15, 0.2) is 0 Å². The molecular weight excluding hydrogens is 438 g/mol. The number of aryl methyl sites for hydroxylation is 1. The molecule has 0 atom stereocenters. The molecule has 1 aliphatic heterocycles. The van der Waals surface area contributed by atoms with Gasteiger partial charge >= 0.3 is 0 Å². The van der Waals surface area contributed by atoms with Gasteiger partial charge in [0.2, 0.25) is 0 Å². The number of hydrogen-bond acceptors (Lipinski definition) is 5. The van der Waals surface area contributed by atoms with Crippen molar-refractivity contribution in [3.63, 3.8) is 0 Å². The maximum absolute atomic E-state index is 13.0. The first-order valence-electron chi connectivity index (χ1n) is 10.5. The van der Waals surface area contributed by atoms with Crippen LogP contribution in [0.1, 0.15) is 31.9 Å². The third-order valence-electron chi connectivity index (χ3n) is 5.15. The minimum Gasteiger partial charge on any atom is -0.494 e. The number of aromatic nitrogens is 2. The lowest BCUT2D eigenvalue weighted by atomic mass is 10.0. The Hall–Kier alpha value is -2.90. The average Bonchev–Trinajstić information content (AvgIpc) is 3.30. The zero-order valence-corrected chi connectivity index (χ0v) is 20.2. The smallest absolute Gasteiger partial charge is 0.266 e. The summed E-state index contributed by atoms with van der Waals surface area (Å²) >= 11 is 6.79. The Morgan fingerprint density at radius 2 is 1.94 bits per heavy atom. The summed E-state index contributed by atoms with van der Waals surface area (Å²) in [7, 11) is 0. The Kier molecular flexibility index (Phi) is 6.48. The summed E-state index contributed by atoms with van der Waals surface area (Å²) in [6.07, 6.45) is 3.86. The van der Waals surface area contributed by atoms with Crippen molar-refractivity contribution in [1.82, 2.24) is 14.7 Å². The molecule has 2 heterocycles. The molecule has 3 aromatic rings.